The molecule has 6 heteroatoms. The van der Waals surface area contributed by atoms with E-state index in [1.54, 1.807) is 6.92 Å². The van der Waals surface area contributed by atoms with Crippen LogP contribution in [0.2, 0.25) is 0 Å². The second kappa shape index (κ2) is 5.27. The predicted octanol–water partition coefficient (Wildman–Crippen LogP) is 0.969. The van der Waals surface area contributed by atoms with Crippen LogP contribution in [0, 0.1) is 18.8 Å². The molecular weight excluding hydrogens is 222 g/mol. The molecule has 6 nitrogen and oxygen atoms in total. The van der Waals surface area contributed by atoms with Gasteiger partial charge in [-0.3, -0.25) is 4.79 Å². The Kier molecular flexibility index (Phi) is 3.73. The molecule has 0 radical (unpaired) electrons. The molecule has 0 aliphatic heterocycles. The lowest BCUT2D eigenvalue weighted by atomic mass is 9.96. The van der Waals surface area contributed by atoms with E-state index in [0.29, 0.717) is 24.8 Å². The third-order valence-corrected chi connectivity index (χ3v) is 3.23. The molecule has 0 spiro atoms. The largest absolute Gasteiger partial charge is 0.481 e. The fourth-order valence-corrected chi connectivity index (χ4v) is 2.38. The average Bonchev–Trinajstić information content (AvgIpc) is 2.87. The summed E-state index contributed by atoms with van der Waals surface area (Å²) in [6, 6.07) is 0. The number of hydrogen-bond acceptors (Lipinski definition) is 5. The minimum absolute atomic E-state index is 0.202. The van der Waals surface area contributed by atoms with E-state index >= 15 is 0 Å². The zero-order valence-corrected chi connectivity index (χ0v) is 9.85. The summed E-state index contributed by atoms with van der Waals surface area (Å²) in [4.78, 5) is 15.1. The zero-order valence-electron chi connectivity index (χ0n) is 9.85. The highest BCUT2D eigenvalue weighted by Crippen LogP contribution is 2.31. The van der Waals surface area contributed by atoms with Gasteiger partial charge >= 0.3 is 5.97 Å². The number of aliphatic carboxylic acids is 1. The van der Waals surface area contributed by atoms with Gasteiger partial charge in [0, 0.05) is 0 Å². The molecule has 0 aromatic carbocycles. The second-order valence-electron chi connectivity index (χ2n) is 4.50. The molecule has 1 fully saturated rings. The van der Waals surface area contributed by atoms with Crippen molar-refractivity contribution in [2.75, 3.05) is 6.54 Å². The number of carboxylic acids is 1. The average molecular weight is 239 g/mol. The Bertz CT molecular complexity index is 391. The van der Waals surface area contributed by atoms with E-state index in [1.807, 2.05) is 0 Å². The van der Waals surface area contributed by atoms with Crippen LogP contribution in [0.15, 0.2) is 4.52 Å². The van der Waals surface area contributed by atoms with Crippen molar-refractivity contribution in [3.8, 4) is 0 Å². The summed E-state index contributed by atoms with van der Waals surface area (Å²) >= 11 is 0. The Morgan fingerprint density at radius 1 is 1.59 bits per heavy atom. The number of nitrogens with one attached hydrogen (secondary N) is 1. The summed E-state index contributed by atoms with van der Waals surface area (Å²) in [5, 5.41) is 15.9. The number of rotatable bonds is 5. The minimum atomic E-state index is -0.678. The van der Waals surface area contributed by atoms with Crippen LogP contribution in [-0.4, -0.2) is 27.8 Å². The quantitative estimate of drug-likeness (QED) is 0.796. The number of nitrogens with zero attached hydrogens (tertiary/aromatic N) is 2. The fourth-order valence-electron chi connectivity index (χ4n) is 2.38. The summed E-state index contributed by atoms with van der Waals surface area (Å²) in [6.07, 6.45) is 2.77. The van der Waals surface area contributed by atoms with Crippen LogP contribution in [0.4, 0.5) is 0 Å². The van der Waals surface area contributed by atoms with Gasteiger partial charge in [0.2, 0.25) is 5.89 Å². The minimum Gasteiger partial charge on any atom is -0.481 e. The van der Waals surface area contributed by atoms with Gasteiger partial charge in [-0.05, 0) is 32.2 Å². The molecule has 1 aromatic heterocycles. The first kappa shape index (κ1) is 12.0. The van der Waals surface area contributed by atoms with Crippen molar-refractivity contribution in [1.82, 2.24) is 15.5 Å². The standard InChI is InChI=1S/C11H17N3O3/c1-7-13-10(17-14-7)6-12-5-8-3-2-4-9(8)11(15)16/h8-9,12H,2-6H2,1H3,(H,15,16). The van der Waals surface area contributed by atoms with E-state index in [-0.39, 0.29) is 11.8 Å². The van der Waals surface area contributed by atoms with E-state index in [0.717, 1.165) is 19.3 Å². The van der Waals surface area contributed by atoms with Gasteiger partial charge in [0.05, 0.1) is 12.5 Å². The molecule has 2 rings (SSSR count). The smallest absolute Gasteiger partial charge is 0.306 e. The molecule has 1 saturated carbocycles. The van der Waals surface area contributed by atoms with Crippen molar-refractivity contribution in [3.63, 3.8) is 0 Å². The maximum atomic E-state index is 11.0. The lowest BCUT2D eigenvalue weighted by molar-refractivity contribution is -0.142. The van der Waals surface area contributed by atoms with E-state index in [4.69, 9.17) is 9.63 Å². The molecule has 2 N–H and O–H groups in total. The van der Waals surface area contributed by atoms with Gasteiger partial charge in [0.15, 0.2) is 5.82 Å². The first-order valence-electron chi connectivity index (χ1n) is 5.89. The third kappa shape index (κ3) is 3.03. The van der Waals surface area contributed by atoms with Crippen molar-refractivity contribution in [2.45, 2.75) is 32.7 Å². The van der Waals surface area contributed by atoms with Crippen LogP contribution in [0.25, 0.3) is 0 Å². The van der Waals surface area contributed by atoms with E-state index in [2.05, 4.69) is 15.5 Å². The van der Waals surface area contributed by atoms with Crippen molar-refractivity contribution >= 4 is 5.97 Å². The highest BCUT2D eigenvalue weighted by molar-refractivity contribution is 5.70. The highest BCUT2D eigenvalue weighted by atomic mass is 16.5. The van der Waals surface area contributed by atoms with Gasteiger partial charge in [-0.15, -0.1) is 0 Å². The Morgan fingerprint density at radius 2 is 2.41 bits per heavy atom. The normalized spacial score (nSPS) is 24.1. The van der Waals surface area contributed by atoms with Gasteiger partial charge in [0.1, 0.15) is 0 Å². The van der Waals surface area contributed by atoms with Gasteiger partial charge < -0.3 is 14.9 Å². The van der Waals surface area contributed by atoms with E-state index < -0.39 is 5.97 Å². The van der Waals surface area contributed by atoms with Crippen LogP contribution in [-0.2, 0) is 11.3 Å². The molecule has 1 aliphatic rings. The molecule has 0 saturated heterocycles. The maximum absolute atomic E-state index is 11.0. The number of aryl methyl sites for hydroxylation is 1. The summed E-state index contributed by atoms with van der Waals surface area (Å²) in [5.74, 6) is 0.504. The summed E-state index contributed by atoms with van der Waals surface area (Å²) in [7, 11) is 0. The molecule has 1 aromatic rings. The number of aromatic nitrogens is 2. The number of hydrogen-bond donors (Lipinski definition) is 2. The van der Waals surface area contributed by atoms with Crippen molar-refractivity contribution < 1.29 is 14.4 Å². The molecule has 1 aliphatic carbocycles. The molecule has 94 valence electrons. The SMILES string of the molecule is Cc1noc(CNCC2CCCC2C(=O)O)n1. The molecule has 1 heterocycles. The predicted molar refractivity (Wildman–Crippen MR) is 59.2 cm³/mol. The van der Waals surface area contributed by atoms with Crippen LogP contribution in [0.5, 0.6) is 0 Å². The Hall–Kier alpha value is -1.43. The lowest BCUT2D eigenvalue weighted by Crippen LogP contribution is -2.28. The van der Waals surface area contributed by atoms with Gasteiger partial charge in [-0.2, -0.15) is 4.98 Å². The highest BCUT2D eigenvalue weighted by Gasteiger charge is 2.32. The first-order chi connectivity index (χ1) is 8.16. The van der Waals surface area contributed by atoms with Crippen molar-refractivity contribution in [2.24, 2.45) is 11.8 Å². The van der Waals surface area contributed by atoms with Crippen molar-refractivity contribution in [1.29, 1.82) is 0 Å². The maximum Gasteiger partial charge on any atom is 0.306 e. The number of carbonyl (C=O) groups is 1. The molecule has 0 amide bonds. The first-order valence-corrected chi connectivity index (χ1v) is 5.89. The monoisotopic (exact) mass is 239 g/mol. The summed E-state index contributed by atoms with van der Waals surface area (Å²) in [5.41, 5.74) is 0. The summed E-state index contributed by atoms with van der Waals surface area (Å²) < 4.78 is 4.96. The lowest BCUT2D eigenvalue weighted by Gasteiger charge is -2.15. The molecule has 2 atom stereocenters. The Balaban J connectivity index is 1.76. The van der Waals surface area contributed by atoms with E-state index in [1.165, 1.54) is 0 Å². The van der Waals surface area contributed by atoms with Crippen LogP contribution in [0.1, 0.15) is 31.0 Å². The van der Waals surface area contributed by atoms with Gasteiger partial charge in [-0.1, -0.05) is 11.6 Å². The fraction of sp³-hybridized carbons (Fsp3) is 0.727. The topological polar surface area (TPSA) is 88.2 Å². The molecule has 17 heavy (non-hydrogen) atoms. The zero-order chi connectivity index (χ0) is 12.3. The van der Waals surface area contributed by atoms with E-state index in [9.17, 15) is 4.79 Å². The van der Waals surface area contributed by atoms with Crippen LogP contribution >= 0.6 is 0 Å². The Morgan fingerprint density at radius 3 is 3.06 bits per heavy atom. The van der Waals surface area contributed by atoms with Crippen LogP contribution < -0.4 is 5.32 Å². The number of carboxylic acid groups (broad SMARTS) is 1. The third-order valence-electron chi connectivity index (χ3n) is 3.23. The summed E-state index contributed by atoms with van der Waals surface area (Å²) in [6.45, 7) is 2.96. The van der Waals surface area contributed by atoms with Crippen molar-refractivity contribution in [3.05, 3.63) is 11.7 Å². The molecule has 2 unspecified atom stereocenters. The second-order valence-corrected chi connectivity index (χ2v) is 4.50. The van der Waals surface area contributed by atoms with Gasteiger partial charge in [-0.25, -0.2) is 0 Å². The Labute approximate surface area is 99.4 Å². The van der Waals surface area contributed by atoms with Gasteiger partial charge in [0.25, 0.3) is 0 Å². The molecular formula is C11H17N3O3. The van der Waals surface area contributed by atoms with Crippen LogP contribution in [0.3, 0.4) is 0 Å². The molecule has 0 bridgehead atoms.